The van der Waals surface area contributed by atoms with Crippen LogP contribution in [0.2, 0.25) is 0 Å². The number of amides is 3. The molecular formula is C25H33N3O4. The molecule has 0 radical (unpaired) electrons. The van der Waals surface area contributed by atoms with Crippen LogP contribution in [0.15, 0.2) is 53.1 Å². The van der Waals surface area contributed by atoms with E-state index in [2.05, 4.69) is 31.4 Å². The number of carbonyl (C=O) groups is 3. The number of rotatable bonds is 7. The number of likely N-dealkylation sites (tertiary alicyclic amines) is 1. The third-order valence-electron chi connectivity index (χ3n) is 5.67. The van der Waals surface area contributed by atoms with Crippen molar-refractivity contribution in [2.24, 2.45) is 11.3 Å². The SMILES string of the molecule is CC(C)(C)CC(=O)N1CCC(C(NC(=O)c2ccccc2)C(=O)NCc2ccco2)CC1. The largest absolute Gasteiger partial charge is 0.467 e. The summed E-state index contributed by atoms with van der Waals surface area (Å²) in [5.41, 5.74) is 0.445. The highest BCUT2D eigenvalue weighted by atomic mass is 16.3. The van der Waals surface area contributed by atoms with E-state index in [1.54, 1.807) is 42.7 Å². The molecule has 1 aliphatic rings. The van der Waals surface area contributed by atoms with Crippen LogP contribution in [0.4, 0.5) is 0 Å². The van der Waals surface area contributed by atoms with E-state index in [1.165, 1.54) is 0 Å². The molecule has 32 heavy (non-hydrogen) atoms. The van der Waals surface area contributed by atoms with Crippen LogP contribution >= 0.6 is 0 Å². The summed E-state index contributed by atoms with van der Waals surface area (Å²) in [6.07, 6.45) is 3.36. The number of piperidine rings is 1. The zero-order chi connectivity index (χ0) is 23.1. The molecule has 2 N–H and O–H groups in total. The molecule has 1 aliphatic heterocycles. The summed E-state index contributed by atoms with van der Waals surface area (Å²) in [6.45, 7) is 7.58. The maximum atomic E-state index is 13.1. The molecule has 3 amide bonds. The van der Waals surface area contributed by atoms with Gasteiger partial charge in [0.1, 0.15) is 11.8 Å². The lowest BCUT2D eigenvalue weighted by atomic mass is 9.87. The molecule has 2 heterocycles. The van der Waals surface area contributed by atoms with Gasteiger partial charge in [0.05, 0.1) is 12.8 Å². The topological polar surface area (TPSA) is 91.7 Å². The highest BCUT2D eigenvalue weighted by molar-refractivity contribution is 5.97. The number of benzene rings is 1. The van der Waals surface area contributed by atoms with E-state index in [4.69, 9.17) is 4.42 Å². The Morgan fingerprint density at radius 1 is 1.06 bits per heavy atom. The monoisotopic (exact) mass is 439 g/mol. The third kappa shape index (κ3) is 6.70. The maximum absolute atomic E-state index is 13.1. The number of hydrogen-bond donors (Lipinski definition) is 2. The minimum absolute atomic E-state index is 0.0575. The van der Waals surface area contributed by atoms with Gasteiger partial charge in [0.15, 0.2) is 0 Å². The highest BCUT2D eigenvalue weighted by Crippen LogP contribution is 2.25. The minimum atomic E-state index is -0.683. The van der Waals surface area contributed by atoms with Crippen LogP contribution in [0.25, 0.3) is 0 Å². The van der Waals surface area contributed by atoms with E-state index >= 15 is 0 Å². The Morgan fingerprint density at radius 2 is 1.75 bits per heavy atom. The van der Waals surface area contributed by atoms with Crippen LogP contribution in [0.5, 0.6) is 0 Å². The number of nitrogens with zero attached hydrogens (tertiary/aromatic N) is 1. The molecule has 1 atom stereocenters. The van der Waals surface area contributed by atoms with Crippen molar-refractivity contribution in [3.05, 3.63) is 60.1 Å². The molecule has 3 rings (SSSR count). The molecule has 2 aromatic rings. The van der Waals surface area contributed by atoms with Crippen LogP contribution in [0.3, 0.4) is 0 Å². The lowest BCUT2D eigenvalue weighted by molar-refractivity contribution is -0.134. The van der Waals surface area contributed by atoms with Crippen LogP contribution < -0.4 is 10.6 Å². The zero-order valence-electron chi connectivity index (χ0n) is 19.1. The van der Waals surface area contributed by atoms with Crippen molar-refractivity contribution in [2.45, 2.75) is 52.6 Å². The summed E-state index contributed by atoms with van der Waals surface area (Å²) in [6, 6.07) is 11.7. The van der Waals surface area contributed by atoms with Crippen LogP contribution in [-0.2, 0) is 16.1 Å². The molecule has 7 nitrogen and oxygen atoms in total. The van der Waals surface area contributed by atoms with E-state index in [1.807, 2.05) is 11.0 Å². The Kier molecular flexibility index (Phi) is 7.72. The average Bonchev–Trinajstić information content (AvgIpc) is 3.29. The van der Waals surface area contributed by atoms with E-state index in [0.717, 1.165) is 0 Å². The zero-order valence-corrected chi connectivity index (χ0v) is 19.1. The van der Waals surface area contributed by atoms with Crippen molar-refractivity contribution in [2.75, 3.05) is 13.1 Å². The van der Waals surface area contributed by atoms with Crippen molar-refractivity contribution in [1.29, 1.82) is 0 Å². The van der Waals surface area contributed by atoms with Gasteiger partial charge in [-0.3, -0.25) is 14.4 Å². The van der Waals surface area contributed by atoms with Crippen molar-refractivity contribution in [1.82, 2.24) is 15.5 Å². The van der Waals surface area contributed by atoms with Crippen LogP contribution in [0.1, 0.15) is 56.2 Å². The molecule has 1 aromatic carbocycles. The van der Waals surface area contributed by atoms with Crippen molar-refractivity contribution < 1.29 is 18.8 Å². The normalized spacial score (nSPS) is 15.8. The van der Waals surface area contributed by atoms with Gasteiger partial charge in [0.25, 0.3) is 5.91 Å². The summed E-state index contributed by atoms with van der Waals surface area (Å²) in [5.74, 6) is 0.204. The lowest BCUT2D eigenvalue weighted by Crippen LogP contribution is -2.53. The molecule has 172 valence electrons. The van der Waals surface area contributed by atoms with E-state index in [0.29, 0.717) is 43.7 Å². The minimum Gasteiger partial charge on any atom is -0.467 e. The molecule has 0 aliphatic carbocycles. The molecule has 1 aromatic heterocycles. The Bertz CT molecular complexity index is 895. The summed E-state index contributed by atoms with van der Waals surface area (Å²) < 4.78 is 5.29. The first kappa shape index (κ1) is 23.6. The summed E-state index contributed by atoms with van der Waals surface area (Å²) >= 11 is 0. The first-order valence-electron chi connectivity index (χ1n) is 11.2. The molecule has 1 fully saturated rings. The second-order valence-electron chi connectivity index (χ2n) is 9.57. The highest BCUT2D eigenvalue weighted by Gasteiger charge is 2.34. The van der Waals surface area contributed by atoms with Gasteiger partial charge < -0.3 is 20.0 Å². The smallest absolute Gasteiger partial charge is 0.251 e. The second kappa shape index (κ2) is 10.5. The second-order valence-corrected chi connectivity index (χ2v) is 9.57. The Hall–Kier alpha value is -3.09. The van der Waals surface area contributed by atoms with Crippen LogP contribution in [-0.4, -0.2) is 41.8 Å². The quantitative estimate of drug-likeness (QED) is 0.692. The Labute approximate surface area is 189 Å². The lowest BCUT2D eigenvalue weighted by Gasteiger charge is -2.36. The number of furan rings is 1. The molecule has 0 spiro atoms. The van der Waals surface area contributed by atoms with Gasteiger partial charge >= 0.3 is 0 Å². The number of nitrogens with one attached hydrogen (secondary N) is 2. The van der Waals surface area contributed by atoms with Crippen LogP contribution in [0, 0.1) is 11.3 Å². The summed E-state index contributed by atoms with van der Waals surface area (Å²) in [5, 5.41) is 5.81. The Morgan fingerprint density at radius 3 is 2.34 bits per heavy atom. The van der Waals surface area contributed by atoms with Crippen molar-refractivity contribution in [3.63, 3.8) is 0 Å². The summed E-state index contributed by atoms with van der Waals surface area (Å²) in [4.78, 5) is 40.3. The number of carbonyl (C=O) groups excluding carboxylic acids is 3. The molecule has 7 heteroatoms. The van der Waals surface area contributed by atoms with Gasteiger partial charge in [-0.2, -0.15) is 0 Å². The fraction of sp³-hybridized carbons (Fsp3) is 0.480. The maximum Gasteiger partial charge on any atom is 0.251 e. The number of hydrogen-bond acceptors (Lipinski definition) is 4. The predicted molar refractivity (Wildman–Crippen MR) is 122 cm³/mol. The molecular weight excluding hydrogens is 406 g/mol. The van der Waals surface area contributed by atoms with Gasteiger partial charge in [0.2, 0.25) is 11.8 Å². The standard InChI is InChI=1S/C25H33N3O4/c1-25(2,3)16-21(29)28-13-11-18(12-14-28)22(24(31)26-17-20-10-7-15-32-20)27-23(30)19-8-5-4-6-9-19/h4-10,15,18,22H,11-14,16-17H2,1-3H3,(H,26,31)(H,27,30). The fourth-order valence-corrected chi connectivity index (χ4v) is 3.96. The fourth-order valence-electron chi connectivity index (χ4n) is 3.96. The van der Waals surface area contributed by atoms with E-state index in [9.17, 15) is 14.4 Å². The van der Waals surface area contributed by atoms with Gasteiger partial charge in [-0.1, -0.05) is 39.0 Å². The van der Waals surface area contributed by atoms with Crippen molar-refractivity contribution >= 4 is 17.7 Å². The predicted octanol–water partition coefficient (Wildman–Crippen LogP) is 3.37. The van der Waals surface area contributed by atoms with Crippen molar-refractivity contribution in [3.8, 4) is 0 Å². The molecule has 1 saturated heterocycles. The van der Waals surface area contributed by atoms with Gasteiger partial charge in [-0.05, 0) is 48.4 Å². The molecule has 0 bridgehead atoms. The Balaban J connectivity index is 1.66. The first-order valence-corrected chi connectivity index (χ1v) is 11.2. The summed E-state index contributed by atoms with van der Waals surface area (Å²) in [7, 11) is 0. The molecule has 0 saturated carbocycles. The van der Waals surface area contributed by atoms with E-state index < -0.39 is 6.04 Å². The molecule has 1 unspecified atom stereocenters. The van der Waals surface area contributed by atoms with Gasteiger partial charge in [-0.15, -0.1) is 0 Å². The average molecular weight is 440 g/mol. The van der Waals surface area contributed by atoms with E-state index in [-0.39, 0.29) is 35.6 Å². The first-order chi connectivity index (χ1) is 15.2. The van der Waals surface area contributed by atoms with Gasteiger partial charge in [0, 0.05) is 25.1 Å². The van der Waals surface area contributed by atoms with Gasteiger partial charge in [-0.25, -0.2) is 0 Å². The third-order valence-corrected chi connectivity index (χ3v) is 5.67.